The lowest BCUT2D eigenvalue weighted by Crippen LogP contribution is -2.12. The van der Waals surface area contributed by atoms with Gasteiger partial charge in [-0.25, -0.2) is 0 Å². The summed E-state index contributed by atoms with van der Waals surface area (Å²) in [6.07, 6.45) is 9.62. The van der Waals surface area contributed by atoms with E-state index in [2.05, 4.69) is 23.5 Å². The van der Waals surface area contributed by atoms with E-state index >= 15 is 0 Å². The van der Waals surface area contributed by atoms with Crippen molar-refractivity contribution in [1.82, 2.24) is 0 Å². The van der Waals surface area contributed by atoms with Crippen LogP contribution in [0.15, 0.2) is 18.2 Å². The molecule has 0 radical (unpaired) electrons. The van der Waals surface area contributed by atoms with E-state index in [1.807, 2.05) is 0 Å². The smallest absolute Gasteiger partial charge is 0.122 e. The average molecular weight is 245 g/mol. The molecule has 1 N–H and O–H groups in total. The van der Waals surface area contributed by atoms with E-state index in [1.165, 1.54) is 49.8 Å². The minimum Gasteiger partial charge on any atom is -0.493 e. The predicted molar refractivity (Wildman–Crippen MR) is 75.3 cm³/mol. The maximum atomic E-state index is 5.53. The summed E-state index contributed by atoms with van der Waals surface area (Å²) in [6, 6.07) is 6.50. The molecular weight excluding hydrogens is 222 g/mol. The number of hydrogen-bond acceptors (Lipinski definition) is 2. The highest BCUT2D eigenvalue weighted by molar-refractivity contribution is 5.52. The summed E-state index contributed by atoms with van der Waals surface area (Å²) in [5.74, 6) is 2.04. The zero-order valence-corrected chi connectivity index (χ0v) is 11.1. The molecule has 2 aliphatic rings. The van der Waals surface area contributed by atoms with Crippen molar-refractivity contribution in [3.63, 3.8) is 0 Å². The molecule has 1 heterocycles. The molecule has 1 fully saturated rings. The van der Waals surface area contributed by atoms with Crippen molar-refractivity contribution in [3.05, 3.63) is 23.8 Å². The Bertz CT molecular complexity index is 396. The van der Waals surface area contributed by atoms with Crippen molar-refractivity contribution in [2.45, 2.75) is 44.9 Å². The monoisotopic (exact) mass is 245 g/mol. The Kier molecular flexibility index (Phi) is 3.72. The zero-order chi connectivity index (χ0) is 12.2. The third-order valence-electron chi connectivity index (χ3n) is 4.30. The van der Waals surface area contributed by atoms with Crippen LogP contribution in [0.5, 0.6) is 5.75 Å². The molecule has 1 saturated carbocycles. The summed E-state index contributed by atoms with van der Waals surface area (Å²) in [7, 11) is 0. The molecule has 2 nitrogen and oxygen atoms in total. The van der Waals surface area contributed by atoms with Gasteiger partial charge in [-0.15, -0.1) is 0 Å². The zero-order valence-electron chi connectivity index (χ0n) is 11.1. The molecular formula is C16H23NO. The summed E-state index contributed by atoms with van der Waals surface area (Å²) in [6.45, 7) is 1.96. The number of rotatable bonds is 4. The standard InChI is InChI=1S/C16H23NO/c1-2-4-13(5-3-1)8-10-17-15-6-7-16-14(12-15)9-11-18-16/h6-7,12-13,17H,1-5,8-11H2. The molecule has 0 saturated heterocycles. The van der Waals surface area contributed by atoms with Gasteiger partial charge in [0.1, 0.15) is 5.75 Å². The van der Waals surface area contributed by atoms with Crippen LogP contribution < -0.4 is 10.1 Å². The molecule has 0 unspecified atom stereocenters. The first-order valence-corrected chi connectivity index (χ1v) is 7.41. The molecule has 1 aliphatic heterocycles. The largest absolute Gasteiger partial charge is 0.493 e. The molecule has 0 aromatic heterocycles. The second kappa shape index (κ2) is 5.64. The van der Waals surface area contributed by atoms with Gasteiger partial charge in [-0.1, -0.05) is 32.1 Å². The Morgan fingerprint density at radius 3 is 2.94 bits per heavy atom. The SMILES string of the molecule is c1cc2c(cc1NCCC1CCCCC1)CCO2. The van der Waals surface area contributed by atoms with Crippen molar-refractivity contribution in [1.29, 1.82) is 0 Å². The van der Waals surface area contributed by atoms with Gasteiger partial charge in [0, 0.05) is 18.7 Å². The van der Waals surface area contributed by atoms with Crippen LogP contribution in [0.3, 0.4) is 0 Å². The van der Waals surface area contributed by atoms with Crippen molar-refractivity contribution in [2.24, 2.45) is 5.92 Å². The average Bonchev–Trinajstić information content (AvgIpc) is 2.87. The molecule has 1 aliphatic carbocycles. The highest BCUT2D eigenvalue weighted by Gasteiger charge is 2.14. The lowest BCUT2D eigenvalue weighted by molar-refractivity contribution is 0.345. The molecule has 1 aromatic rings. The Labute approximate surface area is 110 Å². The molecule has 98 valence electrons. The molecule has 3 rings (SSSR count). The quantitative estimate of drug-likeness (QED) is 0.865. The minimum atomic E-state index is 0.848. The van der Waals surface area contributed by atoms with Gasteiger partial charge in [0.25, 0.3) is 0 Å². The van der Waals surface area contributed by atoms with Crippen LogP contribution >= 0.6 is 0 Å². The number of hydrogen-bond donors (Lipinski definition) is 1. The first-order valence-electron chi connectivity index (χ1n) is 7.41. The van der Waals surface area contributed by atoms with Gasteiger partial charge in [-0.05, 0) is 36.1 Å². The topological polar surface area (TPSA) is 21.3 Å². The van der Waals surface area contributed by atoms with Gasteiger partial charge in [0.05, 0.1) is 6.61 Å². The van der Waals surface area contributed by atoms with E-state index in [0.717, 1.165) is 31.2 Å². The Hall–Kier alpha value is -1.18. The first kappa shape index (κ1) is 11.9. The summed E-state index contributed by atoms with van der Waals surface area (Å²) < 4.78 is 5.53. The minimum absolute atomic E-state index is 0.848. The van der Waals surface area contributed by atoms with Crippen LogP contribution in [0.25, 0.3) is 0 Å². The van der Waals surface area contributed by atoms with E-state index in [1.54, 1.807) is 0 Å². The van der Waals surface area contributed by atoms with Crippen LogP contribution in [0.4, 0.5) is 5.69 Å². The van der Waals surface area contributed by atoms with Crippen LogP contribution in [0.1, 0.15) is 44.1 Å². The Morgan fingerprint density at radius 2 is 2.06 bits per heavy atom. The first-order chi connectivity index (χ1) is 8.92. The molecule has 0 atom stereocenters. The number of nitrogens with one attached hydrogen (secondary N) is 1. The fraction of sp³-hybridized carbons (Fsp3) is 0.625. The maximum Gasteiger partial charge on any atom is 0.122 e. The molecule has 0 bridgehead atoms. The van der Waals surface area contributed by atoms with Gasteiger partial charge in [0.2, 0.25) is 0 Å². The van der Waals surface area contributed by atoms with Crippen molar-refractivity contribution in [2.75, 3.05) is 18.5 Å². The van der Waals surface area contributed by atoms with Crippen LogP contribution in [-0.4, -0.2) is 13.2 Å². The van der Waals surface area contributed by atoms with Crippen LogP contribution in [0, 0.1) is 5.92 Å². The highest BCUT2D eigenvalue weighted by Crippen LogP contribution is 2.29. The lowest BCUT2D eigenvalue weighted by atomic mass is 9.87. The van der Waals surface area contributed by atoms with Crippen LogP contribution in [-0.2, 0) is 6.42 Å². The maximum absolute atomic E-state index is 5.53. The van der Waals surface area contributed by atoms with E-state index in [-0.39, 0.29) is 0 Å². The summed E-state index contributed by atoms with van der Waals surface area (Å²) in [5.41, 5.74) is 2.62. The molecule has 2 heteroatoms. The normalized spacial score (nSPS) is 19.3. The second-order valence-corrected chi connectivity index (χ2v) is 5.64. The summed E-state index contributed by atoms with van der Waals surface area (Å²) in [5, 5.41) is 3.57. The van der Waals surface area contributed by atoms with E-state index < -0.39 is 0 Å². The fourth-order valence-electron chi connectivity index (χ4n) is 3.19. The highest BCUT2D eigenvalue weighted by atomic mass is 16.5. The molecule has 0 spiro atoms. The molecule has 0 amide bonds. The van der Waals surface area contributed by atoms with E-state index in [4.69, 9.17) is 4.74 Å². The Balaban J connectivity index is 1.48. The van der Waals surface area contributed by atoms with Crippen molar-refractivity contribution < 1.29 is 4.74 Å². The summed E-state index contributed by atoms with van der Waals surface area (Å²) >= 11 is 0. The van der Waals surface area contributed by atoms with Crippen LogP contribution in [0.2, 0.25) is 0 Å². The Morgan fingerprint density at radius 1 is 1.17 bits per heavy atom. The number of fused-ring (bicyclic) bond motifs is 1. The summed E-state index contributed by atoms with van der Waals surface area (Å²) in [4.78, 5) is 0. The van der Waals surface area contributed by atoms with Crippen molar-refractivity contribution in [3.8, 4) is 5.75 Å². The van der Waals surface area contributed by atoms with Gasteiger partial charge in [0.15, 0.2) is 0 Å². The van der Waals surface area contributed by atoms with Gasteiger partial charge in [-0.2, -0.15) is 0 Å². The number of ether oxygens (including phenoxy) is 1. The van der Waals surface area contributed by atoms with Crippen molar-refractivity contribution >= 4 is 5.69 Å². The number of anilines is 1. The molecule has 1 aromatic carbocycles. The molecule has 18 heavy (non-hydrogen) atoms. The third-order valence-corrected chi connectivity index (χ3v) is 4.30. The second-order valence-electron chi connectivity index (χ2n) is 5.64. The van der Waals surface area contributed by atoms with Gasteiger partial charge >= 0.3 is 0 Å². The third kappa shape index (κ3) is 2.80. The number of benzene rings is 1. The predicted octanol–water partition coefficient (Wildman–Crippen LogP) is 4.00. The fourth-order valence-corrected chi connectivity index (χ4v) is 3.19. The van der Waals surface area contributed by atoms with E-state index in [0.29, 0.717) is 0 Å². The van der Waals surface area contributed by atoms with E-state index in [9.17, 15) is 0 Å². The van der Waals surface area contributed by atoms with Gasteiger partial charge < -0.3 is 10.1 Å². The van der Waals surface area contributed by atoms with Gasteiger partial charge in [-0.3, -0.25) is 0 Å². The lowest BCUT2D eigenvalue weighted by Gasteiger charge is -2.21.